The van der Waals surface area contributed by atoms with Crippen LogP contribution in [-0.4, -0.2) is 44.9 Å². The number of hydrogen-bond acceptors (Lipinski definition) is 5. The third kappa shape index (κ3) is 7.88. The highest BCUT2D eigenvalue weighted by atomic mass is 16.4. The molecule has 94 valence electrons. The van der Waals surface area contributed by atoms with Gasteiger partial charge in [-0.3, -0.25) is 4.98 Å². The van der Waals surface area contributed by atoms with Crippen LogP contribution in [0.15, 0.2) is 24.5 Å². The van der Waals surface area contributed by atoms with E-state index in [1.54, 1.807) is 12.4 Å². The van der Waals surface area contributed by atoms with E-state index in [0.717, 1.165) is 5.56 Å². The standard InChI is InChI=1S/C8H12N2O.C2H2O4/c9-6-8(11)5-7-1-3-10-4-2-7;3-1(4)2(5)6/h1-4,8,11H,5-6,9H2;(H,3,4)(H,5,6). The minimum absolute atomic E-state index is 0.308. The van der Waals surface area contributed by atoms with Crippen LogP contribution in [-0.2, 0) is 16.0 Å². The molecule has 1 aromatic heterocycles. The van der Waals surface area contributed by atoms with Gasteiger partial charge in [0.25, 0.3) is 0 Å². The van der Waals surface area contributed by atoms with Crippen molar-refractivity contribution in [3.8, 4) is 0 Å². The second-order valence-corrected chi connectivity index (χ2v) is 3.06. The predicted octanol–water partition coefficient (Wildman–Crippen LogP) is -0.901. The Kier molecular flexibility index (Phi) is 7.24. The molecule has 0 saturated heterocycles. The normalized spacial score (nSPS) is 10.9. The Hall–Kier alpha value is -1.99. The van der Waals surface area contributed by atoms with Crippen LogP contribution in [0.1, 0.15) is 5.56 Å². The number of carboxylic acid groups (broad SMARTS) is 2. The van der Waals surface area contributed by atoms with Crippen LogP contribution in [0.2, 0.25) is 0 Å². The van der Waals surface area contributed by atoms with Crippen LogP contribution in [0, 0.1) is 0 Å². The van der Waals surface area contributed by atoms with Crippen LogP contribution in [0.5, 0.6) is 0 Å². The van der Waals surface area contributed by atoms with Crippen molar-refractivity contribution >= 4 is 11.9 Å². The lowest BCUT2D eigenvalue weighted by molar-refractivity contribution is -0.159. The fourth-order valence-electron chi connectivity index (χ4n) is 0.874. The summed E-state index contributed by atoms with van der Waals surface area (Å²) in [4.78, 5) is 22.1. The highest BCUT2D eigenvalue weighted by molar-refractivity contribution is 6.27. The Morgan fingerprint density at radius 1 is 1.24 bits per heavy atom. The zero-order valence-corrected chi connectivity index (χ0v) is 8.98. The van der Waals surface area contributed by atoms with Crippen molar-refractivity contribution in [3.63, 3.8) is 0 Å². The van der Waals surface area contributed by atoms with Gasteiger partial charge in [-0.05, 0) is 24.1 Å². The molecule has 1 unspecified atom stereocenters. The predicted molar refractivity (Wildman–Crippen MR) is 58.3 cm³/mol. The van der Waals surface area contributed by atoms with E-state index in [-0.39, 0.29) is 0 Å². The van der Waals surface area contributed by atoms with Gasteiger partial charge in [0, 0.05) is 18.9 Å². The highest BCUT2D eigenvalue weighted by Crippen LogP contribution is 1.99. The molecule has 0 radical (unpaired) electrons. The number of hydrogen-bond donors (Lipinski definition) is 4. The molecule has 0 aliphatic carbocycles. The summed E-state index contributed by atoms with van der Waals surface area (Å²) in [6.45, 7) is 0.308. The average molecular weight is 242 g/mol. The lowest BCUT2D eigenvalue weighted by atomic mass is 10.1. The van der Waals surface area contributed by atoms with E-state index in [1.165, 1.54) is 0 Å². The number of pyridine rings is 1. The first-order valence-electron chi connectivity index (χ1n) is 4.70. The molecule has 0 bridgehead atoms. The molecule has 0 fully saturated rings. The van der Waals surface area contributed by atoms with Gasteiger partial charge < -0.3 is 21.1 Å². The molecule has 5 N–H and O–H groups in total. The summed E-state index contributed by atoms with van der Waals surface area (Å²) in [5, 5.41) is 23.9. The first-order valence-corrected chi connectivity index (χ1v) is 4.70. The molecular weight excluding hydrogens is 228 g/mol. The van der Waals surface area contributed by atoms with E-state index in [0.29, 0.717) is 13.0 Å². The Balaban J connectivity index is 0.000000366. The third-order valence-corrected chi connectivity index (χ3v) is 1.68. The van der Waals surface area contributed by atoms with Gasteiger partial charge in [0.15, 0.2) is 0 Å². The van der Waals surface area contributed by atoms with Crippen molar-refractivity contribution < 1.29 is 24.9 Å². The topological polar surface area (TPSA) is 134 Å². The summed E-state index contributed by atoms with van der Waals surface area (Å²) in [6.07, 6.45) is 3.59. The Morgan fingerprint density at radius 2 is 1.71 bits per heavy atom. The highest BCUT2D eigenvalue weighted by Gasteiger charge is 2.04. The Morgan fingerprint density at radius 3 is 2.06 bits per heavy atom. The number of aliphatic carboxylic acids is 2. The molecule has 1 aromatic rings. The van der Waals surface area contributed by atoms with Gasteiger partial charge in [-0.2, -0.15) is 0 Å². The molecule has 1 atom stereocenters. The van der Waals surface area contributed by atoms with Crippen molar-refractivity contribution in [3.05, 3.63) is 30.1 Å². The van der Waals surface area contributed by atoms with Gasteiger partial charge in [0.2, 0.25) is 0 Å². The molecule has 0 aliphatic heterocycles. The fourth-order valence-corrected chi connectivity index (χ4v) is 0.874. The molecule has 0 amide bonds. The largest absolute Gasteiger partial charge is 0.473 e. The lowest BCUT2D eigenvalue weighted by Crippen LogP contribution is -2.21. The summed E-state index contributed by atoms with van der Waals surface area (Å²) < 4.78 is 0. The lowest BCUT2D eigenvalue weighted by Gasteiger charge is -2.05. The van der Waals surface area contributed by atoms with Crippen molar-refractivity contribution in [2.45, 2.75) is 12.5 Å². The summed E-state index contributed by atoms with van der Waals surface area (Å²) in [7, 11) is 0. The first-order chi connectivity index (χ1) is 7.97. The minimum atomic E-state index is -1.82. The number of nitrogens with two attached hydrogens (primary N) is 1. The van der Waals surface area contributed by atoms with Crippen LogP contribution >= 0.6 is 0 Å². The molecule has 0 spiro atoms. The molecule has 17 heavy (non-hydrogen) atoms. The van der Waals surface area contributed by atoms with Crippen molar-refractivity contribution in [1.29, 1.82) is 0 Å². The third-order valence-electron chi connectivity index (χ3n) is 1.68. The molecule has 0 aliphatic rings. The zero-order valence-electron chi connectivity index (χ0n) is 8.98. The Labute approximate surface area is 97.5 Å². The summed E-state index contributed by atoms with van der Waals surface area (Å²) in [6, 6.07) is 3.75. The molecule has 0 aromatic carbocycles. The average Bonchev–Trinajstić information content (AvgIpc) is 2.31. The van der Waals surface area contributed by atoms with Gasteiger partial charge >= 0.3 is 11.9 Å². The first kappa shape index (κ1) is 15.0. The van der Waals surface area contributed by atoms with Gasteiger partial charge in [0.05, 0.1) is 6.10 Å². The number of aliphatic hydroxyl groups is 1. The summed E-state index contributed by atoms with van der Waals surface area (Å²) >= 11 is 0. The van der Waals surface area contributed by atoms with Crippen LogP contribution in [0.4, 0.5) is 0 Å². The Bertz CT molecular complexity index is 343. The molecule has 1 heterocycles. The monoisotopic (exact) mass is 242 g/mol. The number of nitrogens with zero attached hydrogens (tertiary/aromatic N) is 1. The maximum Gasteiger partial charge on any atom is 0.414 e. The van der Waals surface area contributed by atoms with E-state index in [1.807, 2.05) is 12.1 Å². The number of aliphatic hydroxyl groups excluding tert-OH is 1. The second kappa shape index (κ2) is 8.20. The SMILES string of the molecule is NCC(O)Cc1ccncc1.O=C(O)C(=O)O. The summed E-state index contributed by atoms with van der Waals surface area (Å²) in [5.41, 5.74) is 6.32. The molecular formula is C10H14N2O5. The van der Waals surface area contributed by atoms with E-state index in [4.69, 9.17) is 30.6 Å². The molecule has 0 saturated carbocycles. The number of carbonyl (C=O) groups is 2. The molecule has 1 rings (SSSR count). The zero-order chi connectivity index (χ0) is 13.3. The van der Waals surface area contributed by atoms with Gasteiger partial charge in [-0.15, -0.1) is 0 Å². The van der Waals surface area contributed by atoms with Crippen molar-refractivity contribution in [2.75, 3.05) is 6.54 Å². The smallest absolute Gasteiger partial charge is 0.414 e. The van der Waals surface area contributed by atoms with Crippen molar-refractivity contribution in [2.24, 2.45) is 5.73 Å². The van der Waals surface area contributed by atoms with Crippen LogP contribution in [0.25, 0.3) is 0 Å². The number of aromatic nitrogens is 1. The fraction of sp³-hybridized carbons (Fsp3) is 0.300. The quantitative estimate of drug-likeness (QED) is 0.504. The van der Waals surface area contributed by atoms with E-state index in [9.17, 15) is 0 Å². The maximum atomic E-state index is 9.17. The van der Waals surface area contributed by atoms with E-state index < -0.39 is 18.0 Å². The van der Waals surface area contributed by atoms with Crippen LogP contribution in [0.3, 0.4) is 0 Å². The molecule has 7 nitrogen and oxygen atoms in total. The van der Waals surface area contributed by atoms with E-state index >= 15 is 0 Å². The van der Waals surface area contributed by atoms with Crippen LogP contribution < -0.4 is 5.73 Å². The van der Waals surface area contributed by atoms with E-state index in [2.05, 4.69) is 4.98 Å². The number of rotatable bonds is 3. The van der Waals surface area contributed by atoms with Gasteiger partial charge in [0.1, 0.15) is 0 Å². The number of carboxylic acids is 2. The minimum Gasteiger partial charge on any atom is -0.473 e. The summed E-state index contributed by atoms with van der Waals surface area (Å²) in [5.74, 6) is -3.65. The van der Waals surface area contributed by atoms with Gasteiger partial charge in [-0.25, -0.2) is 9.59 Å². The maximum absolute atomic E-state index is 9.17. The second-order valence-electron chi connectivity index (χ2n) is 3.06. The van der Waals surface area contributed by atoms with Crippen molar-refractivity contribution in [1.82, 2.24) is 4.98 Å². The molecule has 7 heteroatoms. The van der Waals surface area contributed by atoms with Gasteiger partial charge in [-0.1, -0.05) is 0 Å².